The summed E-state index contributed by atoms with van der Waals surface area (Å²) in [6.45, 7) is 3.06. The number of halogens is 1. The van der Waals surface area contributed by atoms with Gasteiger partial charge in [-0.1, -0.05) is 13.0 Å². The Kier molecular flexibility index (Phi) is 5.58. The predicted octanol–water partition coefficient (Wildman–Crippen LogP) is 1.83. The Hall–Kier alpha value is -1.62. The summed E-state index contributed by atoms with van der Waals surface area (Å²) in [5.74, 6) is -0.185. The molecule has 0 amide bonds. The van der Waals surface area contributed by atoms with Crippen molar-refractivity contribution in [1.29, 1.82) is 0 Å². The van der Waals surface area contributed by atoms with E-state index < -0.39 is 0 Å². The Bertz CT molecular complexity index is 409. The monoisotopic (exact) mass is 255 g/mol. The van der Waals surface area contributed by atoms with E-state index in [1.165, 1.54) is 20.3 Å². The molecular weight excluding hydrogens is 237 g/mol. The van der Waals surface area contributed by atoms with Gasteiger partial charge in [0.15, 0.2) is 0 Å². The largest absolute Gasteiger partial charge is 0.497 e. The van der Waals surface area contributed by atoms with E-state index in [9.17, 15) is 9.18 Å². The molecule has 0 aliphatic carbocycles. The van der Waals surface area contributed by atoms with Crippen LogP contribution in [0.1, 0.15) is 12.5 Å². The molecule has 0 spiro atoms. The second-order valence-electron chi connectivity index (χ2n) is 3.84. The fourth-order valence-corrected chi connectivity index (χ4v) is 1.55. The van der Waals surface area contributed by atoms with Gasteiger partial charge in [0, 0.05) is 18.2 Å². The van der Waals surface area contributed by atoms with Crippen molar-refractivity contribution in [3.8, 4) is 5.75 Å². The fraction of sp³-hybridized carbons (Fsp3) is 0.462. The van der Waals surface area contributed by atoms with Gasteiger partial charge in [0.1, 0.15) is 11.6 Å². The summed E-state index contributed by atoms with van der Waals surface area (Å²) in [6.07, 6.45) is 0. The van der Waals surface area contributed by atoms with Crippen LogP contribution in [0.3, 0.4) is 0 Å². The van der Waals surface area contributed by atoms with E-state index in [1.807, 2.05) is 6.92 Å². The van der Waals surface area contributed by atoms with Gasteiger partial charge in [-0.05, 0) is 12.6 Å². The Balaban J connectivity index is 2.72. The number of hydrogen-bond donors (Lipinski definition) is 0. The lowest BCUT2D eigenvalue weighted by Gasteiger charge is -2.19. The summed E-state index contributed by atoms with van der Waals surface area (Å²) >= 11 is 0. The van der Waals surface area contributed by atoms with E-state index in [4.69, 9.17) is 4.74 Å². The summed E-state index contributed by atoms with van der Waals surface area (Å²) in [6, 6.07) is 4.69. The van der Waals surface area contributed by atoms with Gasteiger partial charge in [0.25, 0.3) is 0 Å². The Labute approximate surface area is 106 Å². The van der Waals surface area contributed by atoms with Gasteiger partial charge < -0.3 is 9.47 Å². The van der Waals surface area contributed by atoms with Crippen molar-refractivity contribution < 1.29 is 18.7 Å². The van der Waals surface area contributed by atoms with E-state index in [-0.39, 0.29) is 18.3 Å². The highest BCUT2D eigenvalue weighted by molar-refractivity contribution is 5.71. The van der Waals surface area contributed by atoms with Crippen LogP contribution in [-0.4, -0.2) is 38.2 Å². The first-order chi connectivity index (χ1) is 8.60. The standard InChI is InChI=1S/C13H18FNO3/c1-4-15(9-13(16)18-3)8-10-5-6-11(17-2)7-12(10)14/h5-7H,4,8-9H2,1-3H3. The number of esters is 1. The summed E-state index contributed by atoms with van der Waals surface area (Å²) in [4.78, 5) is 13.0. The number of likely N-dealkylation sites (N-methyl/N-ethyl adjacent to an activating group) is 1. The van der Waals surface area contributed by atoms with Crippen molar-refractivity contribution in [1.82, 2.24) is 4.90 Å². The van der Waals surface area contributed by atoms with E-state index in [2.05, 4.69) is 4.74 Å². The smallest absolute Gasteiger partial charge is 0.319 e. The molecular formula is C13H18FNO3. The minimum atomic E-state index is -0.335. The molecule has 1 aromatic carbocycles. The highest BCUT2D eigenvalue weighted by Gasteiger charge is 2.12. The number of carbonyl (C=O) groups is 1. The van der Waals surface area contributed by atoms with E-state index >= 15 is 0 Å². The molecule has 1 aromatic rings. The summed E-state index contributed by atoms with van der Waals surface area (Å²) in [5, 5.41) is 0. The number of carbonyl (C=O) groups excluding carboxylic acids is 1. The molecule has 0 fully saturated rings. The molecule has 5 heteroatoms. The second kappa shape index (κ2) is 6.96. The molecule has 0 aromatic heterocycles. The Morgan fingerprint density at radius 2 is 2.11 bits per heavy atom. The van der Waals surface area contributed by atoms with Crippen LogP contribution >= 0.6 is 0 Å². The first-order valence-corrected chi connectivity index (χ1v) is 5.72. The highest BCUT2D eigenvalue weighted by Crippen LogP contribution is 2.17. The molecule has 0 unspecified atom stereocenters. The zero-order valence-corrected chi connectivity index (χ0v) is 10.9. The van der Waals surface area contributed by atoms with Gasteiger partial charge in [0.05, 0.1) is 20.8 Å². The fourth-order valence-electron chi connectivity index (χ4n) is 1.55. The molecule has 0 heterocycles. The maximum atomic E-state index is 13.7. The van der Waals surface area contributed by atoms with Crippen LogP contribution < -0.4 is 4.74 Å². The van der Waals surface area contributed by atoms with Crippen LogP contribution in [0.15, 0.2) is 18.2 Å². The van der Waals surface area contributed by atoms with Crippen LogP contribution in [0.4, 0.5) is 4.39 Å². The summed E-state index contributed by atoms with van der Waals surface area (Å²) in [7, 11) is 2.83. The third kappa shape index (κ3) is 4.00. The first-order valence-electron chi connectivity index (χ1n) is 5.72. The molecule has 0 N–H and O–H groups in total. The summed E-state index contributed by atoms with van der Waals surface area (Å²) in [5.41, 5.74) is 0.529. The predicted molar refractivity (Wildman–Crippen MR) is 65.9 cm³/mol. The molecule has 0 bridgehead atoms. The van der Waals surface area contributed by atoms with Crippen molar-refractivity contribution in [3.05, 3.63) is 29.6 Å². The van der Waals surface area contributed by atoms with Crippen LogP contribution in [0.2, 0.25) is 0 Å². The van der Waals surface area contributed by atoms with E-state index in [1.54, 1.807) is 17.0 Å². The first kappa shape index (κ1) is 14.4. The molecule has 0 aliphatic rings. The van der Waals surface area contributed by atoms with E-state index in [0.29, 0.717) is 24.4 Å². The van der Waals surface area contributed by atoms with Gasteiger partial charge in [-0.2, -0.15) is 0 Å². The van der Waals surface area contributed by atoms with Gasteiger partial charge in [-0.15, -0.1) is 0 Å². The van der Waals surface area contributed by atoms with Gasteiger partial charge in [0.2, 0.25) is 0 Å². The number of benzene rings is 1. The van der Waals surface area contributed by atoms with Crippen molar-refractivity contribution in [2.24, 2.45) is 0 Å². The second-order valence-corrected chi connectivity index (χ2v) is 3.84. The van der Waals surface area contributed by atoms with E-state index in [0.717, 1.165) is 0 Å². The lowest BCUT2D eigenvalue weighted by Crippen LogP contribution is -2.30. The third-order valence-corrected chi connectivity index (χ3v) is 2.68. The number of rotatable bonds is 6. The average Bonchev–Trinajstić information content (AvgIpc) is 2.39. The molecule has 0 aliphatic heterocycles. The van der Waals surface area contributed by atoms with Gasteiger partial charge in [-0.25, -0.2) is 4.39 Å². The molecule has 100 valence electrons. The number of ether oxygens (including phenoxy) is 2. The van der Waals surface area contributed by atoms with Crippen LogP contribution in [0.25, 0.3) is 0 Å². The van der Waals surface area contributed by atoms with Gasteiger partial charge in [-0.3, -0.25) is 9.69 Å². The van der Waals surface area contributed by atoms with Crippen molar-refractivity contribution >= 4 is 5.97 Å². The minimum Gasteiger partial charge on any atom is -0.497 e. The number of methoxy groups -OCH3 is 2. The average molecular weight is 255 g/mol. The topological polar surface area (TPSA) is 38.8 Å². The highest BCUT2D eigenvalue weighted by atomic mass is 19.1. The zero-order valence-electron chi connectivity index (χ0n) is 10.9. The minimum absolute atomic E-state index is 0.151. The van der Waals surface area contributed by atoms with Crippen molar-refractivity contribution in [3.63, 3.8) is 0 Å². The molecule has 1 rings (SSSR count). The maximum Gasteiger partial charge on any atom is 0.319 e. The number of hydrogen-bond acceptors (Lipinski definition) is 4. The third-order valence-electron chi connectivity index (χ3n) is 2.68. The zero-order chi connectivity index (χ0) is 13.5. The molecule has 18 heavy (non-hydrogen) atoms. The molecule has 0 radical (unpaired) electrons. The van der Waals surface area contributed by atoms with Crippen molar-refractivity contribution in [2.75, 3.05) is 27.3 Å². The normalized spacial score (nSPS) is 10.5. The molecule has 0 saturated heterocycles. The molecule has 4 nitrogen and oxygen atoms in total. The van der Waals surface area contributed by atoms with Crippen LogP contribution in [0, 0.1) is 5.82 Å². The van der Waals surface area contributed by atoms with Crippen molar-refractivity contribution in [2.45, 2.75) is 13.5 Å². The Morgan fingerprint density at radius 1 is 1.39 bits per heavy atom. The van der Waals surface area contributed by atoms with Gasteiger partial charge >= 0.3 is 5.97 Å². The number of nitrogens with zero attached hydrogens (tertiary/aromatic N) is 1. The quantitative estimate of drug-likeness (QED) is 0.727. The molecule has 0 saturated carbocycles. The van der Waals surface area contributed by atoms with Crippen LogP contribution in [0.5, 0.6) is 5.75 Å². The molecule has 0 atom stereocenters. The SMILES string of the molecule is CCN(CC(=O)OC)Cc1ccc(OC)cc1F. The lowest BCUT2D eigenvalue weighted by atomic mass is 10.2. The summed E-state index contributed by atoms with van der Waals surface area (Å²) < 4.78 is 23.3. The van der Waals surface area contributed by atoms with Crippen LogP contribution in [-0.2, 0) is 16.1 Å². The Morgan fingerprint density at radius 3 is 2.61 bits per heavy atom. The maximum absolute atomic E-state index is 13.7. The lowest BCUT2D eigenvalue weighted by molar-refractivity contribution is -0.142.